The lowest BCUT2D eigenvalue weighted by molar-refractivity contribution is 0.243. The second kappa shape index (κ2) is 10.1. The van der Waals surface area contributed by atoms with Gasteiger partial charge in [0.15, 0.2) is 5.82 Å². The summed E-state index contributed by atoms with van der Waals surface area (Å²) in [6.07, 6.45) is 5.42. The molecule has 3 rings (SSSR count). The molecule has 3 aromatic rings. The zero-order valence-corrected chi connectivity index (χ0v) is 19.8. The molecule has 11 heteroatoms. The fourth-order valence-electron chi connectivity index (χ4n) is 2.72. The van der Waals surface area contributed by atoms with Gasteiger partial charge in [0.2, 0.25) is 0 Å². The van der Waals surface area contributed by atoms with E-state index in [1.54, 1.807) is 31.5 Å². The van der Waals surface area contributed by atoms with Crippen LogP contribution in [0.2, 0.25) is 10.0 Å². The molecule has 2 N–H and O–H groups in total. The molecule has 0 fully saturated rings. The lowest BCUT2D eigenvalue weighted by Crippen LogP contribution is -2.32. The minimum atomic E-state index is -0.491. The van der Waals surface area contributed by atoms with Crippen LogP contribution in [0.4, 0.5) is 10.5 Å². The first-order valence-corrected chi connectivity index (χ1v) is 10.8. The average Bonchev–Trinajstić information content (AvgIpc) is 3.21. The van der Waals surface area contributed by atoms with E-state index in [0.29, 0.717) is 39.9 Å². The standard InChI is InChI=1S/C21H25Cl2N7O2/c1-13(18-26-12-27-30(18)19-24-7-5-8-25-19)28-20(31)29-16-11-17(15(23)10-14(16)22)32-9-6-21(2,3)4/h5,7-8,10-13H,6,9H2,1-4H3,(H2,28,29,31). The highest BCUT2D eigenvalue weighted by atomic mass is 35.5. The lowest BCUT2D eigenvalue weighted by Gasteiger charge is -2.19. The predicted molar refractivity (Wildman–Crippen MR) is 124 cm³/mol. The van der Waals surface area contributed by atoms with Crippen LogP contribution in [-0.4, -0.2) is 37.4 Å². The number of anilines is 1. The number of carbonyl (C=O) groups is 1. The minimum absolute atomic E-state index is 0.126. The van der Waals surface area contributed by atoms with Crippen LogP contribution in [0.3, 0.4) is 0 Å². The van der Waals surface area contributed by atoms with Gasteiger partial charge in [-0.2, -0.15) is 9.78 Å². The minimum Gasteiger partial charge on any atom is -0.492 e. The molecular formula is C21H25Cl2N7O2. The van der Waals surface area contributed by atoms with Crippen molar-refractivity contribution in [3.05, 3.63) is 52.8 Å². The first kappa shape index (κ1) is 23.7. The maximum Gasteiger partial charge on any atom is 0.319 e. The quantitative estimate of drug-likeness (QED) is 0.492. The van der Waals surface area contributed by atoms with E-state index in [1.165, 1.54) is 17.1 Å². The van der Waals surface area contributed by atoms with Crippen molar-refractivity contribution in [3.63, 3.8) is 0 Å². The van der Waals surface area contributed by atoms with Crippen molar-refractivity contribution in [2.45, 2.75) is 40.2 Å². The van der Waals surface area contributed by atoms with Crippen LogP contribution in [0.1, 0.15) is 46.0 Å². The van der Waals surface area contributed by atoms with Crippen LogP contribution >= 0.6 is 23.2 Å². The average molecular weight is 478 g/mol. The van der Waals surface area contributed by atoms with Gasteiger partial charge in [0.05, 0.1) is 28.4 Å². The van der Waals surface area contributed by atoms with Gasteiger partial charge in [0.25, 0.3) is 5.95 Å². The fraction of sp³-hybridized carbons (Fsp3) is 0.381. The summed E-state index contributed by atoms with van der Waals surface area (Å²) in [6, 6.07) is 3.88. The molecule has 32 heavy (non-hydrogen) atoms. The number of nitrogens with one attached hydrogen (secondary N) is 2. The Morgan fingerprint density at radius 3 is 2.56 bits per heavy atom. The molecule has 0 saturated carbocycles. The van der Waals surface area contributed by atoms with Crippen molar-refractivity contribution in [1.82, 2.24) is 30.0 Å². The van der Waals surface area contributed by atoms with E-state index >= 15 is 0 Å². The van der Waals surface area contributed by atoms with Gasteiger partial charge in [-0.3, -0.25) is 0 Å². The highest BCUT2D eigenvalue weighted by Crippen LogP contribution is 2.35. The topological polar surface area (TPSA) is 107 Å². The second-order valence-electron chi connectivity index (χ2n) is 8.32. The normalized spacial score (nSPS) is 12.3. The Morgan fingerprint density at radius 1 is 1.16 bits per heavy atom. The third-order valence-corrected chi connectivity index (χ3v) is 5.04. The number of hydrogen-bond donors (Lipinski definition) is 2. The summed E-state index contributed by atoms with van der Waals surface area (Å²) in [6.45, 7) is 8.65. The lowest BCUT2D eigenvalue weighted by atomic mass is 9.93. The summed E-state index contributed by atoms with van der Waals surface area (Å²) < 4.78 is 7.26. The van der Waals surface area contributed by atoms with E-state index in [0.717, 1.165) is 6.42 Å². The number of ether oxygens (including phenoxy) is 1. The molecule has 0 aliphatic rings. The third kappa shape index (κ3) is 6.30. The van der Waals surface area contributed by atoms with Crippen LogP contribution < -0.4 is 15.4 Å². The van der Waals surface area contributed by atoms with Crippen LogP contribution in [0.5, 0.6) is 5.75 Å². The van der Waals surface area contributed by atoms with Crippen molar-refractivity contribution in [2.75, 3.05) is 11.9 Å². The highest BCUT2D eigenvalue weighted by molar-refractivity contribution is 6.37. The number of halogens is 2. The fourth-order valence-corrected chi connectivity index (χ4v) is 3.21. The van der Waals surface area contributed by atoms with E-state index in [-0.39, 0.29) is 5.41 Å². The molecule has 170 valence electrons. The van der Waals surface area contributed by atoms with Gasteiger partial charge in [-0.05, 0) is 30.9 Å². The van der Waals surface area contributed by atoms with Gasteiger partial charge in [0, 0.05) is 18.5 Å². The van der Waals surface area contributed by atoms with Crippen molar-refractivity contribution in [1.29, 1.82) is 0 Å². The van der Waals surface area contributed by atoms with Crippen molar-refractivity contribution < 1.29 is 9.53 Å². The van der Waals surface area contributed by atoms with E-state index in [2.05, 4.69) is 51.5 Å². The molecule has 2 aromatic heterocycles. The maximum atomic E-state index is 12.6. The molecule has 0 bridgehead atoms. The molecular weight excluding hydrogens is 453 g/mol. The van der Waals surface area contributed by atoms with Gasteiger partial charge >= 0.3 is 6.03 Å². The van der Waals surface area contributed by atoms with Gasteiger partial charge < -0.3 is 15.4 Å². The summed E-state index contributed by atoms with van der Waals surface area (Å²) in [4.78, 5) is 25.1. The summed E-state index contributed by atoms with van der Waals surface area (Å²) in [5, 5.41) is 10.3. The Hall–Kier alpha value is -2.91. The molecule has 0 aliphatic carbocycles. The number of benzene rings is 1. The van der Waals surface area contributed by atoms with E-state index in [4.69, 9.17) is 27.9 Å². The predicted octanol–water partition coefficient (Wildman–Crippen LogP) is 5.06. The summed E-state index contributed by atoms with van der Waals surface area (Å²) in [5.41, 5.74) is 0.501. The number of amides is 2. The first-order chi connectivity index (χ1) is 15.1. The van der Waals surface area contributed by atoms with Crippen molar-refractivity contribution in [3.8, 4) is 11.7 Å². The smallest absolute Gasteiger partial charge is 0.319 e. The second-order valence-corrected chi connectivity index (χ2v) is 9.13. The number of aromatic nitrogens is 5. The summed E-state index contributed by atoms with van der Waals surface area (Å²) >= 11 is 12.5. The molecule has 0 saturated heterocycles. The summed E-state index contributed by atoms with van der Waals surface area (Å²) in [7, 11) is 0. The molecule has 2 heterocycles. The number of urea groups is 1. The molecule has 9 nitrogen and oxygen atoms in total. The number of hydrogen-bond acceptors (Lipinski definition) is 6. The van der Waals surface area contributed by atoms with E-state index in [1.807, 2.05) is 0 Å². The van der Waals surface area contributed by atoms with Gasteiger partial charge in [-0.15, -0.1) is 0 Å². The van der Waals surface area contributed by atoms with Crippen molar-refractivity contribution >= 4 is 34.9 Å². The summed E-state index contributed by atoms with van der Waals surface area (Å²) in [5.74, 6) is 1.27. The molecule has 0 aliphatic heterocycles. The number of nitrogens with zero attached hydrogens (tertiary/aromatic N) is 5. The van der Waals surface area contributed by atoms with Crippen molar-refractivity contribution in [2.24, 2.45) is 5.41 Å². The Balaban J connectivity index is 1.67. The Kier molecular flexibility index (Phi) is 7.52. The van der Waals surface area contributed by atoms with E-state index < -0.39 is 12.1 Å². The largest absolute Gasteiger partial charge is 0.492 e. The molecule has 2 amide bonds. The molecule has 1 atom stereocenters. The molecule has 0 spiro atoms. The first-order valence-electron chi connectivity index (χ1n) is 10.0. The van der Waals surface area contributed by atoms with Gasteiger partial charge in [0.1, 0.15) is 12.1 Å². The number of rotatable bonds is 7. The maximum absolute atomic E-state index is 12.6. The van der Waals surface area contributed by atoms with Crippen LogP contribution in [0.15, 0.2) is 36.9 Å². The SMILES string of the molecule is CC(NC(=O)Nc1cc(OCCC(C)(C)C)c(Cl)cc1Cl)c1ncnn1-c1ncccn1. The van der Waals surface area contributed by atoms with E-state index in [9.17, 15) is 4.79 Å². The third-order valence-electron chi connectivity index (χ3n) is 4.43. The highest BCUT2D eigenvalue weighted by Gasteiger charge is 2.19. The Labute approximate surface area is 196 Å². The monoisotopic (exact) mass is 477 g/mol. The molecule has 1 aromatic carbocycles. The van der Waals surface area contributed by atoms with Gasteiger partial charge in [-0.1, -0.05) is 44.0 Å². The van der Waals surface area contributed by atoms with Crippen LogP contribution in [0.25, 0.3) is 5.95 Å². The Bertz CT molecular complexity index is 1070. The molecule has 0 radical (unpaired) electrons. The molecule has 1 unspecified atom stereocenters. The van der Waals surface area contributed by atoms with Gasteiger partial charge in [-0.25, -0.2) is 19.7 Å². The number of carbonyl (C=O) groups excluding carboxylic acids is 1. The zero-order valence-electron chi connectivity index (χ0n) is 18.3. The Morgan fingerprint density at radius 2 is 1.88 bits per heavy atom. The van der Waals surface area contributed by atoms with Crippen LogP contribution in [-0.2, 0) is 0 Å². The van der Waals surface area contributed by atoms with Crippen LogP contribution in [0, 0.1) is 5.41 Å². The zero-order chi connectivity index (χ0) is 23.3.